The van der Waals surface area contributed by atoms with Gasteiger partial charge >= 0.3 is 5.97 Å². The van der Waals surface area contributed by atoms with Crippen molar-refractivity contribution >= 4 is 5.97 Å². The number of aliphatic hydroxyl groups excluding tert-OH is 1. The van der Waals surface area contributed by atoms with Gasteiger partial charge in [0, 0.05) is 0 Å². The molecule has 4 heteroatoms. The lowest BCUT2D eigenvalue weighted by atomic mass is 9.92. The van der Waals surface area contributed by atoms with Crippen LogP contribution < -0.4 is 0 Å². The van der Waals surface area contributed by atoms with E-state index in [1.165, 1.54) is 13.8 Å². The van der Waals surface area contributed by atoms with Crippen LogP contribution in [0.4, 0.5) is 0 Å². The second-order valence-corrected chi connectivity index (χ2v) is 4.78. The Balaban J connectivity index is 2.92. The Morgan fingerprint density at radius 1 is 1.18 bits per heavy atom. The third-order valence-electron chi connectivity index (χ3n) is 2.79. The second-order valence-electron chi connectivity index (χ2n) is 4.78. The molecular formula is C13H18O4. The molecule has 3 N–H and O–H groups in total. The molecule has 0 spiro atoms. The van der Waals surface area contributed by atoms with Crippen LogP contribution in [0, 0.1) is 0 Å². The van der Waals surface area contributed by atoms with Gasteiger partial charge in [0.05, 0.1) is 11.5 Å². The van der Waals surface area contributed by atoms with Crippen LogP contribution >= 0.6 is 0 Å². The van der Waals surface area contributed by atoms with Crippen molar-refractivity contribution in [1.82, 2.24) is 0 Å². The molecule has 17 heavy (non-hydrogen) atoms. The van der Waals surface area contributed by atoms with Gasteiger partial charge in [-0.1, -0.05) is 24.3 Å². The van der Waals surface area contributed by atoms with E-state index in [9.17, 15) is 15.0 Å². The Bertz CT molecular complexity index is 389. The first kappa shape index (κ1) is 13.7. The number of carboxylic acids is 1. The molecule has 2 atom stereocenters. The molecule has 2 unspecified atom stereocenters. The number of rotatable bonds is 4. The lowest BCUT2D eigenvalue weighted by molar-refractivity contribution is -0.138. The molecule has 0 aliphatic heterocycles. The van der Waals surface area contributed by atoms with Crippen LogP contribution in [0.5, 0.6) is 0 Å². The molecule has 0 aliphatic rings. The van der Waals surface area contributed by atoms with Gasteiger partial charge in [0.25, 0.3) is 0 Å². The number of carboxylic acid groups (broad SMARTS) is 1. The summed E-state index contributed by atoms with van der Waals surface area (Å²) in [4.78, 5) is 10.8. The molecule has 0 aliphatic carbocycles. The lowest BCUT2D eigenvalue weighted by Gasteiger charge is -2.25. The van der Waals surface area contributed by atoms with Gasteiger partial charge in [-0.3, -0.25) is 4.79 Å². The molecule has 4 nitrogen and oxygen atoms in total. The van der Waals surface area contributed by atoms with Crippen molar-refractivity contribution in [2.75, 3.05) is 0 Å². The summed E-state index contributed by atoms with van der Waals surface area (Å²) in [6.07, 6.45) is -0.989. The second kappa shape index (κ2) is 4.85. The van der Waals surface area contributed by atoms with Crippen LogP contribution in [0.1, 0.15) is 43.9 Å². The zero-order chi connectivity index (χ0) is 13.2. The lowest BCUT2D eigenvalue weighted by Crippen LogP contribution is -2.28. The molecule has 1 aromatic rings. The van der Waals surface area contributed by atoms with E-state index in [1.54, 1.807) is 31.2 Å². The van der Waals surface area contributed by atoms with Crippen LogP contribution in [-0.2, 0) is 4.79 Å². The molecule has 0 fully saturated rings. The first-order chi connectivity index (χ1) is 7.73. The summed E-state index contributed by atoms with van der Waals surface area (Å²) in [5.41, 5.74) is 0.0166. The minimum absolute atomic E-state index is 0.568. The molecule has 0 saturated carbocycles. The molecule has 0 amide bonds. The minimum atomic E-state index is -1.22. The first-order valence-electron chi connectivity index (χ1n) is 5.46. The summed E-state index contributed by atoms with van der Waals surface area (Å²) in [5.74, 6) is -1.47. The molecule has 1 aromatic carbocycles. The molecular weight excluding hydrogens is 220 g/mol. The molecule has 94 valence electrons. The number of hydrogen-bond acceptors (Lipinski definition) is 3. The maximum absolute atomic E-state index is 10.8. The Morgan fingerprint density at radius 3 is 1.94 bits per heavy atom. The number of benzene rings is 1. The van der Waals surface area contributed by atoms with Crippen LogP contribution in [0.2, 0.25) is 0 Å². The van der Waals surface area contributed by atoms with E-state index in [0.717, 1.165) is 0 Å². The predicted octanol–water partition coefficient (Wildman–Crippen LogP) is 1.68. The summed E-state index contributed by atoms with van der Waals surface area (Å²) in [6.45, 7) is 4.64. The van der Waals surface area contributed by atoms with Crippen molar-refractivity contribution in [2.24, 2.45) is 0 Å². The third-order valence-corrected chi connectivity index (χ3v) is 2.79. The highest BCUT2D eigenvalue weighted by atomic mass is 16.4. The third kappa shape index (κ3) is 3.28. The summed E-state index contributed by atoms with van der Waals surface area (Å²) in [5, 5.41) is 28.3. The molecule has 0 saturated heterocycles. The fourth-order valence-electron chi connectivity index (χ4n) is 1.52. The summed E-state index contributed by atoms with van der Waals surface area (Å²) in [6, 6.07) is 6.58. The molecule has 0 bridgehead atoms. The van der Waals surface area contributed by atoms with E-state index in [0.29, 0.717) is 11.1 Å². The highest BCUT2D eigenvalue weighted by Crippen LogP contribution is 2.26. The van der Waals surface area contributed by atoms with Crippen LogP contribution in [0.15, 0.2) is 24.3 Å². The van der Waals surface area contributed by atoms with E-state index in [-0.39, 0.29) is 0 Å². The van der Waals surface area contributed by atoms with Crippen molar-refractivity contribution < 1.29 is 20.1 Å². The number of carbonyl (C=O) groups is 1. The normalized spacial score (nSPS) is 15.4. The average molecular weight is 238 g/mol. The highest BCUT2D eigenvalue weighted by molar-refractivity contribution is 5.75. The summed E-state index contributed by atoms with van der Waals surface area (Å²) in [7, 11) is 0. The topological polar surface area (TPSA) is 77.8 Å². The maximum Gasteiger partial charge on any atom is 0.310 e. The Hall–Kier alpha value is -1.39. The number of aliphatic carboxylic acids is 1. The van der Waals surface area contributed by atoms with Crippen molar-refractivity contribution in [3.05, 3.63) is 35.4 Å². The number of aliphatic hydroxyl groups is 2. The van der Waals surface area contributed by atoms with Crippen LogP contribution in [0.25, 0.3) is 0 Å². The fourth-order valence-corrected chi connectivity index (χ4v) is 1.52. The van der Waals surface area contributed by atoms with Crippen molar-refractivity contribution in [3.63, 3.8) is 0 Å². The molecule has 1 rings (SSSR count). The van der Waals surface area contributed by atoms with E-state index in [2.05, 4.69) is 0 Å². The van der Waals surface area contributed by atoms with E-state index in [4.69, 9.17) is 5.11 Å². The fraction of sp³-hybridized carbons (Fsp3) is 0.462. The summed E-state index contributed by atoms with van der Waals surface area (Å²) >= 11 is 0. The van der Waals surface area contributed by atoms with Crippen molar-refractivity contribution in [3.8, 4) is 0 Å². The van der Waals surface area contributed by atoms with Gasteiger partial charge in [-0.2, -0.15) is 0 Å². The number of hydrogen-bond donors (Lipinski definition) is 3. The Kier molecular flexibility index (Phi) is 3.91. The summed E-state index contributed by atoms with van der Waals surface area (Å²) < 4.78 is 0. The standard InChI is InChI=1S/C13H18O4/c1-8(12(15)16)9-4-6-10(7-5-9)11(14)13(2,3)17/h4-8,11,14,17H,1-3H3,(H,15,16). The molecule has 0 heterocycles. The minimum Gasteiger partial charge on any atom is -0.481 e. The van der Waals surface area contributed by atoms with Gasteiger partial charge in [0.15, 0.2) is 0 Å². The quantitative estimate of drug-likeness (QED) is 0.745. The predicted molar refractivity (Wildman–Crippen MR) is 63.8 cm³/mol. The highest BCUT2D eigenvalue weighted by Gasteiger charge is 2.26. The largest absolute Gasteiger partial charge is 0.481 e. The van der Waals surface area contributed by atoms with Crippen LogP contribution in [0.3, 0.4) is 0 Å². The smallest absolute Gasteiger partial charge is 0.310 e. The first-order valence-corrected chi connectivity index (χ1v) is 5.46. The average Bonchev–Trinajstić information content (AvgIpc) is 2.26. The van der Waals surface area contributed by atoms with Gasteiger partial charge in [-0.15, -0.1) is 0 Å². The monoisotopic (exact) mass is 238 g/mol. The Morgan fingerprint density at radius 2 is 1.59 bits per heavy atom. The maximum atomic E-state index is 10.8. The van der Waals surface area contributed by atoms with Gasteiger partial charge in [0.1, 0.15) is 6.10 Å². The van der Waals surface area contributed by atoms with E-state index in [1.807, 2.05) is 0 Å². The van der Waals surface area contributed by atoms with Gasteiger partial charge in [0.2, 0.25) is 0 Å². The zero-order valence-electron chi connectivity index (χ0n) is 10.2. The van der Waals surface area contributed by atoms with E-state index < -0.39 is 23.6 Å². The van der Waals surface area contributed by atoms with Gasteiger partial charge in [-0.05, 0) is 31.9 Å². The zero-order valence-corrected chi connectivity index (χ0v) is 10.2. The van der Waals surface area contributed by atoms with E-state index >= 15 is 0 Å². The molecule has 0 aromatic heterocycles. The van der Waals surface area contributed by atoms with Crippen LogP contribution in [-0.4, -0.2) is 26.9 Å². The van der Waals surface area contributed by atoms with Gasteiger partial charge < -0.3 is 15.3 Å². The SMILES string of the molecule is CC(C(=O)O)c1ccc(C(O)C(C)(C)O)cc1. The van der Waals surface area contributed by atoms with Gasteiger partial charge in [-0.25, -0.2) is 0 Å². The van der Waals surface area contributed by atoms with Crippen molar-refractivity contribution in [2.45, 2.75) is 38.4 Å². The Labute approximate surface area is 101 Å². The van der Waals surface area contributed by atoms with Crippen molar-refractivity contribution in [1.29, 1.82) is 0 Å². The molecule has 0 radical (unpaired) electrons.